The van der Waals surface area contributed by atoms with Gasteiger partial charge in [0.2, 0.25) is 5.91 Å². The second-order valence-corrected chi connectivity index (χ2v) is 6.23. The summed E-state index contributed by atoms with van der Waals surface area (Å²) in [6, 6.07) is 0. The van der Waals surface area contributed by atoms with Crippen LogP contribution in [0.15, 0.2) is 0 Å². The highest BCUT2D eigenvalue weighted by Crippen LogP contribution is 2.27. The molecule has 20 heavy (non-hydrogen) atoms. The number of rotatable bonds is 1. The van der Waals surface area contributed by atoms with Crippen molar-refractivity contribution >= 4 is 11.8 Å². The van der Waals surface area contributed by atoms with Crippen LogP contribution in [-0.2, 0) is 24.7 Å². The van der Waals surface area contributed by atoms with E-state index in [0.717, 1.165) is 30.5 Å². The zero-order chi connectivity index (χ0) is 14.5. The molecule has 6 heteroatoms. The lowest BCUT2D eigenvalue weighted by Gasteiger charge is -2.42. The monoisotopic (exact) mass is 276 g/mol. The largest absolute Gasteiger partial charge is 0.352 e. The molecule has 0 radical (unpaired) electrons. The Balaban J connectivity index is 1.98. The molecule has 3 rings (SSSR count). The van der Waals surface area contributed by atoms with Crippen molar-refractivity contribution in [3.63, 3.8) is 0 Å². The molecule has 6 nitrogen and oxygen atoms in total. The van der Waals surface area contributed by atoms with Crippen molar-refractivity contribution in [1.82, 2.24) is 20.0 Å². The molecule has 1 fully saturated rings. The van der Waals surface area contributed by atoms with Crippen LogP contribution >= 0.6 is 0 Å². The summed E-state index contributed by atoms with van der Waals surface area (Å²) in [5.74, 6) is -0.181. The zero-order valence-electron chi connectivity index (χ0n) is 12.2. The van der Waals surface area contributed by atoms with Gasteiger partial charge in [-0.25, -0.2) is 0 Å². The van der Waals surface area contributed by atoms with Crippen LogP contribution in [0.25, 0.3) is 0 Å². The van der Waals surface area contributed by atoms with Crippen molar-refractivity contribution in [3.8, 4) is 0 Å². The molecule has 1 aliphatic heterocycles. The normalized spacial score (nSPS) is 20.8. The van der Waals surface area contributed by atoms with Gasteiger partial charge in [-0.1, -0.05) is 0 Å². The fourth-order valence-corrected chi connectivity index (χ4v) is 3.09. The number of piperazine rings is 1. The van der Waals surface area contributed by atoms with E-state index in [9.17, 15) is 9.59 Å². The predicted octanol–water partition coefficient (Wildman–Crippen LogP) is 0.259. The molecule has 0 atom stereocenters. The number of nitrogens with one attached hydrogen (secondary N) is 1. The van der Waals surface area contributed by atoms with Gasteiger partial charge in [0.05, 0.1) is 11.2 Å². The number of aromatic nitrogens is 2. The van der Waals surface area contributed by atoms with Gasteiger partial charge < -0.3 is 10.2 Å². The summed E-state index contributed by atoms with van der Waals surface area (Å²) in [4.78, 5) is 26.2. The molecule has 1 aromatic rings. The number of hydrogen-bond acceptors (Lipinski definition) is 3. The van der Waals surface area contributed by atoms with Gasteiger partial charge in [-0.2, -0.15) is 5.10 Å². The van der Waals surface area contributed by atoms with Gasteiger partial charge in [0.25, 0.3) is 5.91 Å². The molecule has 0 spiro atoms. The van der Waals surface area contributed by atoms with Crippen LogP contribution in [0.2, 0.25) is 0 Å². The third-order valence-corrected chi connectivity index (χ3v) is 4.27. The number of aryl methyl sites for hydroxylation is 2. The number of fused-ring (bicyclic) bond motifs is 1. The first-order chi connectivity index (χ1) is 9.40. The van der Waals surface area contributed by atoms with Gasteiger partial charge in [-0.05, 0) is 33.1 Å². The van der Waals surface area contributed by atoms with Gasteiger partial charge in [-0.15, -0.1) is 0 Å². The molecule has 1 N–H and O–H groups in total. The smallest absolute Gasteiger partial charge is 0.273 e. The molecule has 1 saturated heterocycles. The van der Waals surface area contributed by atoms with Crippen LogP contribution < -0.4 is 5.32 Å². The van der Waals surface area contributed by atoms with Gasteiger partial charge in [0.15, 0.2) is 0 Å². The van der Waals surface area contributed by atoms with E-state index in [1.807, 2.05) is 20.9 Å². The maximum absolute atomic E-state index is 12.9. The minimum atomic E-state index is -0.374. The van der Waals surface area contributed by atoms with Crippen molar-refractivity contribution in [2.75, 3.05) is 13.1 Å². The average Bonchev–Trinajstić information content (AvgIpc) is 2.91. The fourth-order valence-electron chi connectivity index (χ4n) is 3.09. The second-order valence-electron chi connectivity index (χ2n) is 6.23. The molecule has 0 aromatic carbocycles. The van der Waals surface area contributed by atoms with Crippen molar-refractivity contribution in [1.29, 1.82) is 0 Å². The van der Waals surface area contributed by atoms with Crippen LogP contribution in [0, 0.1) is 0 Å². The lowest BCUT2D eigenvalue weighted by molar-refractivity contribution is -0.126. The number of nitrogens with zero attached hydrogens (tertiary/aromatic N) is 3. The molecule has 108 valence electrons. The Labute approximate surface area is 118 Å². The van der Waals surface area contributed by atoms with Crippen molar-refractivity contribution in [2.45, 2.75) is 38.6 Å². The summed E-state index contributed by atoms with van der Waals surface area (Å²) >= 11 is 0. The summed E-state index contributed by atoms with van der Waals surface area (Å²) in [6.07, 6.45) is 2.91. The summed E-state index contributed by atoms with van der Waals surface area (Å²) in [5, 5.41) is 7.26. The molecule has 0 bridgehead atoms. The van der Waals surface area contributed by atoms with Crippen LogP contribution in [-0.4, -0.2) is 45.1 Å². The summed E-state index contributed by atoms with van der Waals surface area (Å²) in [7, 11) is 1.81. The maximum atomic E-state index is 12.9. The summed E-state index contributed by atoms with van der Waals surface area (Å²) in [5.41, 5.74) is 2.38. The lowest BCUT2D eigenvalue weighted by Crippen LogP contribution is -2.62. The third-order valence-electron chi connectivity index (χ3n) is 4.27. The Bertz CT molecular complexity index is 588. The first-order valence-electron chi connectivity index (χ1n) is 7.03. The summed E-state index contributed by atoms with van der Waals surface area (Å²) in [6.45, 7) is 4.55. The number of carbonyl (C=O) groups is 2. The topological polar surface area (TPSA) is 67.2 Å². The Morgan fingerprint density at radius 2 is 2.10 bits per heavy atom. The average molecular weight is 276 g/mol. The van der Waals surface area contributed by atoms with E-state index in [4.69, 9.17) is 0 Å². The Hall–Kier alpha value is -1.85. The predicted molar refractivity (Wildman–Crippen MR) is 73.4 cm³/mol. The van der Waals surface area contributed by atoms with Gasteiger partial charge in [-0.3, -0.25) is 14.3 Å². The number of amides is 2. The Morgan fingerprint density at radius 1 is 1.35 bits per heavy atom. The highest BCUT2D eigenvalue weighted by molar-refractivity contribution is 5.98. The van der Waals surface area contributed by atoms with E-state index in [1.165, 1.54) is 0 Å². The van der Waals surface area contributed by atoms with Crippen LogP contribution in [0.5, 0.6) is 0 Å². The second kappa shape index (κ2) is 4.33. The quantitative estimate of drug-likeness (QED) is 0.800. The Kier molecular flexibility index (Phi) is 2.84. The van der Waals surface area contributed by atoms with E-state index in [0.29, 0.717) is 12.2 Å². The lowest BCUT2D eigenvalue weighted by atomic mass is 9.98. The molecule has 2 aliphatic rings. The van der Waals surface area contributed by atoms with Crippen molar-refractivity contribution in [3.05, 3.63) is 17.0 Å². The first-order valence-corrected chi connectivity index (χ1v) is 7.03. The third kappa shape index (κ3) is 1.90. The molecular formula is C14H20N4O2. The summed E-state index contributed by atoms with van der Waals surface area (Å²) < 4.78 is 1.68. The van der Waals surface area contributed by atoms with Crippen LogP contribution in [0.4, 0.5) is 0 Å². The fraction of sp³-hybridized carbons (Fsp3) is 0.643. The van der Waals surface area contributed by atoms with E-state index in [-0.39, 0.29) is 23.9 Å². The van der Waals surface area contributed by atoms with Crippen LogP contribution in [0.3, 0.4) is 0 Å². The minimum absolute atomic E-state index is 0.0806. The molecule has 1 aliphatic carbocycles. The Morgan fingerprint density at radius 3 is 2.85 bits per heavy atom. The molecular weight excluding hydrogens is 256 g/mol. The van der Waals surface area contributed by atoms with E-state index in [2.05, 4.69) is 10.4 Å². The van der Waals surface area contributed by atoms with Crippen LogP contribution in [0.1, 0.15) is 42.0 Å². The molecule has 0 saturated carbocycles. The van der Waals surface area contributed by atoms with Crippen molar-refractivity contribution in [2.24, 2.45) is 7.05 Å². The highest BCUT2D eigenvalue weighted by atomic mass is 16.2. The number of carbonyl (C=O) groups excluding carboxylic acids is 2. The number of hydrogen-bond donors (Lipinski definition) is 1. The highest BCUT2D eigenvalue weighted by Gasteiger charge is 2.39. The minimum Gasteiger partial charge on any atom is -0.352 e. The van der Waals surface area contributed by atoms with E-state index < -0.39 is 0 Å². The SMILES string of the molecule is Cn1nc2c(c1C(=O)N1CC(=O)NCC1(C)C)CCC2. The van der Waals surface area contributed by atoms with Gasteiger partial charge in [0.1, 0.15) is 12.2 Å². The van der Waals surface area contributed by atoms with Gasteiger partial charge >= 0.3 is 0 Å². The molecule has 2 amide bonds. The zero-order valence-corrected chi connectivity index (χ0v) is 12.2. The maximum Gasteiger partial charge on any atom is 0.273 e. The van der Waals surface area contributed by atoms with E-state index in [1.54, 1.807) is 9.58 Å². The van der Waals surface area contributed by atoms with Crippen molar-refractivity contribution < 1.29 is 9.59 Å². The standard InChI is InChI=1S/C14H20N4O2/c1-14(2)8-15-11(19)7-18(14)13(20)12-9-5-4-6-10(9)16-17(12)3/h4-8H2,1-3H3,(H,15,19). The molecule has 1 aromatic heterocycles. The first kappa shape index (κ1) is 13.1. The molecule has 0 unspecified atom stereocenters. The van der Waals surface area contributed by atoms with Gasteiger partial charge in [0, 0.05) is 19.2 Å². The molecule has 2 heterocycles. The van der Waals surface area contributed by atoms with E-state index >= 15 is 0 Å².